The van der Waals surface area contributed by atoms with Crippen molar-refractivity contribution in [3.63, 3.8) is 0 Å². The van der Waals surface area contributed by atoms with Gasteiger partial charge in [0.1, 0.15) is 0 Å². The summed E-state index contributed by atoms with van der Waals surface area (Å²) in [6, 6.07) is 0. The second kappa shape index (κ2) is 3.55. The summed E-state index contributed by atoms with van der Waals surface area (Å²) in [6.07, 6.45) is 1.67. The molecule has 66 valence electrons. The van der Waals surface area contributed by atoms with Gasteiger partial charge in [-0.1, -0.05) is 13.8 Å². The van der Waals surface area contributed by atoms with Crippen LogP contribution in [0.1, 0.15) is 33.1 Å². The molecule has 1 aliphatic carbocycles. The Balaban J connectivity index is 2.40. The molecule has 0 spiro atoms. The first-order valence-corrected chi connectivity index (χ1v) is 4.47. The van der Waals surface area contributed by atoms with Gasteiger partial charge in [-0.25, -0.2) is 0 Å². The summed E-state index contributed by atoms with van der Waals surface area (Å²) >= 11 is 0. The molecule has 2 heteroatoms. The molecule has 3 atom stereocenters. The molecule has 11 heavy (non-hydrogen) atoms. The lowest BCUT2D eigenvalue weighted by Gasteiger charge is -2.32. The zero-order valence-electron chi connectivity index (χ0n) is 7.33. The summed E-state index contributed by atoms with van der Waals surface area (Å²) in [7, 11) is 0. The highest BCUT2D eigenvalue weighted by Crippen LogP contribution is 2.29. The fourth-order valence-corrected chi connectivity index (χ4v) is 1.77. The highest BCUT2D eigenvalue weighted by molar-refractivity contribution is 4.80. The van der Waals surface area contributed by atoms with Crippen molar-refractivity contribution in [1.29, 1.82) is 0 Å². The standard InChI is InChI=1S/C9H18O2/c1-6(2)7-3-4-8(10)9(11)5-7/h6-11H,3-5H2,1-2H3/t7-,8-,9-/m1/s1. The molecule has 0 aromatic carbocycles. The molecule has 2 N–H and O–H groups in total. The van der Waals surface area contributed by atoms with E-state index in [9.17, 15) is 10.2 Å². The summed E-state index contributed by atoms with van der Waals surface area (Å²) in [5.74, 6) is 1.24. The van der Waals surface area contributed by atoms with Crippen LogP contribution >= 0.6 is 0 Å². The molecule has 2 nitrogen and oxygen atoms in total. The fourth-order valence-electron chi connectivity index (χ4n) is 1.77. The van der Waals surface area contributed by atoms with Crippen LogP contribution in [0.4, 0.5) is 0 Å². The van der Waals surface area contributed by atoms with Crippen LogP contribution < -0.4 is 0 Å². The van der Waals surface area contributed by atoms with Gasteiger partial charge in [0.25, 0.3) is 0 Å². The molecular formula is C9H18O2. The largest absolute Gasteiger partial charge is 0.390 e. The van der Waals surface area contributed by atoms with Crippen LogP contribution in [0.5, 0.6) is 0 Å². The van der Waals surface area contributed by atoms with E-state index in [1.54, 1.807) is 0 Å². The molecule has 0 radical (unpaired) electrons. The van der Waals surface area contributed by atoms with E-state index >= 15 is 0 Å². The Morgan fingerprint density at radius 1 is 1.09 bits per heavy atom. The highest BCUT2D eigenvalue weighted by atomic mass is 16.3. The SMILES string of the molecule is CC(C)[C@@H]1CC[C@@H](O)[C@H](O)C1. The van der Waals surface area contributed by atoms with Gasteiger partial charge in [0.15, 0.2) is 0 Å². The maximum Gasteiger partial charge on any atom is 0.0801 e. The van der Waals surface area contributed by atoms with Crippen LogP contribution in [-0.2, 0) is 0 Å². The fraction of sp³-hybridized carbons (Fsp3) is 1.00. The van der Waals surface area contributed by atoms with E-state index in [2.05, 4.69) is 13.8 Å². The minimum atomic E-state index is -0.476. The lowest BCUT2D eigenvalue weighted by atomic mass is 9.79. The predicted octanol–water partition coefficient (Wildman–Crippen LogP) is 1.16. The van der Waals surface area contributed by atoms with Crippen molar-refractivity contribution in [2.24, 2.45) is 11.8 Å². The minimum absolute atomic E-state index is 0.468. The van der Waals surface area contributed by atoms with Crippen molar-refractivity contribution in [2.45, 2.75) is 45.3 Å². The van der Waals surface area contributed by atoms with Gasteiger partial charge in [-0.05, 0) is 31.1 Å². The van der Waals surface area contributed by atoms with Crippen LogP contribution in [0.25, 0.3) is 0 Å². The molecule has 1 aliphatic rings. The number of hydrogen-bond donors (Lipinski definition) is 2. The smallest absolute Gasteiger partial charge is 0.0801 e. The lowest BCUT2D eigenvalue weighted by molar-refractivity contribution is -0.0321. The summed E-state index contributed by atoms with van der Waals surface area (Å²) < 4.78 is 0. The summed E-state index contributed by atoms with van der Waals surface area (Å²) in [4.78, 5) is 0. The maximum absolute atomic E-state index is 9.35. The molecule has 0 aliphatic heterocycles. The van der Waals surface area contributed by atoms with Gasteiger partial charge in [0.05, 0.1) is 12.2 Å². The van der Waals surface area contributed by atoms with Crippen LogP contribution in [0.3, 0.4) is 0 Å². The van der Waals surface area contributed by atoms with Crippen molar-refractivity contribution in [3.05, 3.63) is 0 Å². The second-order valence-corrected chi connectivity index (χ2v) is 3.95. The molecule has 1 saturated carbocycles. The molecule has 0 aromatic rings. The van der Waals surface area contributed by atoms with Gasteiger partial charge in [-0.3, -0.25) is 0 Å². The van der Waals surface area contributed by atoms with E-state index in [0.717, 1.165) is 19.3 Å². The lowest BCUT2D eigenvalue weighted by Crippen LogP contribution is -2.35. The van der Waals surface area contributed by atoms with E-state index < -0.39 is 12.2 Å². The predicted molar refractivity (Wildman–Crippen MR) is 44.2 cm³/mol. The minimum Gasteiger partial charge on any atom is -0.390 e. The normalized spacial score (nSPS) is 39.5. The average molecular weight is 158 g/mol. The molecule has 1 fully saturated rings. The highest BCUT2D eigenvalue weighted by Gasteiger charge is 2.28. The number of rotatable bonds is 1. The van der Waals surface area contributed by atoms with Crippen LogP contribution in [-0.4, -0.2) is 22.4 Å². The van der Waals surface area contributed by atoms with Gasteiger partial charge >= 0.3 is 0 Å². The molecule has 1 rings (SSSR count). The van der Waals surface area contributed by atoms with Gasteiger partial charge in [0, 0.05) is 0 Å². The Bertz CT molecular complexity index is 123. The maximum atomic E-state index is 9.35. The molecule has 0 unspecified atom stereocenters. The van der Waals surface area contributed by atoms with Crippen LogP contribution in [0.2, 0.25) is 0 Å². The molecule has 0 bridgehead atoms. The van der Waals surface area contributed by atoms with Crippen LogP contribution in [0, 0.1) is 11.8 Å². The van der Waals surface area contributed by atoms with Crippen molar-refractivity contribution in [3.8, 4) is 0 Å². The monoisotopic (exact) mass is 158 g/mol. The summed E-state index contributed by atoms with van der Waals surface area (Å²) in [6.45, 7) is 4.35. The van der Waals surface area contributed by atoms with Crippen molar-refractivity contribution in [2.75, 3.05) is 0 Å². The van der Waals surface area contributed by atoms with Gasteiger partial charge in [-0.2, -0.15) is 0 Å². The topological polar surface area (TPSA) is 40.5 Å². The quantitative estimate of drug-likeness (QED) is 0.601. The zero-order valence-corrected chi connectivity index (χ0v) is 7.33. The first-order chi connectivity index (χ1) is 5.11. The number of hydrogen-bond acceptors (Lipinski definition) is 2. The summed E-state index contributed by atoms with van der Waals surface area (Å²) in [5.41, 5.74) is 0. The molecule has 0 aromatic heterocycles. The van der Waals surface area contributed by atoms with Crippen LogP contribution in [0.15, 0.2) is 0 Å². The molecule has 0 heterocycles. The van der Waals surface area contributed by atoms with E-state index in [4.69, 9.17) is 0 Å². The Morgan fingerprint density at radius 2 is 1.73 bits per heavy atom. The van der Waals surface area contributed by atoms with Crippen molar-refractivity contribution < 1.29 is 10.2 Å². The van der Waals surface area contributed by atoms with E-state index in [-0.39, 0.29) is 0 Å². The van der Waals surface area contributed by atoms with E-state index in [1.807, 2.05) is 0 Å². The zero-order chi connectivity index (χ0) is 8.43. The number of aliphatic hydroxyl groups excluding tert-OH is 2. The first-order valence-electron chi connectivity index (χ1n) is 4.47. The van der Waals surface area contributed by atoms with Crippen molar-refractivity contribution in [1.82, 2.24) is 0 Å². The Kier molecular flexibility index (Phi) is 2.90. The Labute approximate surface area is 68.2 Å². The van der Waals surface area contributed by atoms with Crippen molar-refractivity contribution >= 4 is 0 Å². The average Bonchev–Trinajstić information content (AvgIpc) is 1.94. The third-order valence-corrected chi connectivity index (χ3v) is 2.76. The van der Waals surface area contributed by atoms with E-state index in [0.29, 0.717) is 11.8 Å². The summed E-state index contributed by atoms with van der Waals surface area (Å²) in [5, 5.41) is 18.6. The second-order valence-electron chi connectivity index (χ2n) is 3.95. The Morgan fingerprint density at radius 3 is 2.18 bits per heavy atom. The molecular weight excluding hydrogens is 140 g/mol. The van der Waals surface area contributed by atoms with E-state index in [1.165, 1.54) is 0 Å². The van der Waals surface area contributed by atoms with Gasteiger partial charge in [-0.15, -0.1) is 0 Å². The first kappa shape index (κ1) is 9.01. The number of aliphatic hydroxyl groups is 2. The Hall–Kier alpha value is -0.0800. The molecule has 0 amide bonds. The third-order valence-electron chi connectivity index (χ3n) is 2.76. The molecule has 0 saturated heterocycles. The third kappa shape index (κ3) is 2.17. The van der Waals surface area contributed by atoms with Gasteiger partial charge in [0.2, 0.25) is 0 Å². The van der Waals surface area contributed by atoms with Gasteiger partial charge < -0.3 is 10.2 Å².